The van der Waals surface area contributed by atoms with Gasteiger partial charge in [0.15, 0.2) is 0 Å². The van der Waals surface area contributed by atoms with Crippen LogP contribution in [0.25, 0.3) is 0 Å². The summed E-state index contributed by atoms with van der Waals surface area (Å²) in [6, 6.07) is 2.13. The molecule has 0 radical (unpaired) electrons. The van der Waals surface area contributed by atoms with Crippen LogP contribution in [0.15, 0.2) is 12.4 Å². The van der Waals surface area contributed by atoms with Crippen molar-refractivity contribution in [3.8, 4) is 6.07 Å². The van der Waals surface area contributed by atoms with Crippen molar-refractivity contribution < 1.29 is 5.11 Å². The summed E-state index contributed by atoms with van der Waals surface area (Å²) >= 11 is 0. The summed E-state index contributed by atoms with van der Waals surface area (Å²) in [6.07, 6.45) is 3.68. The lowest BCUT2D eigenvalue weighted by atomic mass is 10.2. The molecule has 1 rings (SSSR count). The first-order valence-corrected chi connectivity index (χ1v) is 5.71. The fraction of sp³-hybridized carbons (Fsp3) is 0.583. The van der Waals surface area contributed by atoms with Crippen molar-refractivity contribution in [3.63, 3.8) is 0 Å². The third-order valence-corrected chi connectivity index (χ3v) is 2.24. The Kier molecular flexibility index (Phi) is 5.37. The van der Waals surface area contributed by atoms with E-state index < -0.39 is 0 Å². The molecular weight excluding hydrogens is 216 g/mol. The van der Waals surface area contributed by atoms with Crippen LogP contribution in [0.3, 0.4) is 0 Å². The van der Waals surface area contributed by atoms with Crippen LogP contribution in [-0.2, 0) is 6.61 Å². The molecule has 1 aromatic rings. The number of hydrogen-bond acceptors (Lipinski definition) is 5. The quantitative estimate of drug-likeness (QED) is 0.804. The molecule has 1 heterocycles. The maximum Gasteiger partial charge on any atom is 0.225 e. The Bertz CT molecular complexity index is 369. The minimum Gasteiger partial charge on any atom is -0.392 e. The molecule has 1 N–H and O–H groups in total. The summed E-state index contributed by atoms with van der Waals surface area (Å²) in [4.78, 5) is 10.4. The maximum absolute atomic E-state index is 8.92. The highest BCUT2D eigenvalue weighted by Crippen LogP contribution is 2.10. The summed E-state index contributed by atoms with van der Waals surface area (Å²) in [5, 5.41) is 17.5. The van der Waals surface area contributed by atoms with Crippen molar-refractivity contribution >= 4 is 5.95 Å². The number of anilines is 1. The van der Waals surface area contributed by atoms with Gasteiger partial charge in [0.2, 0.25) is 5.95 Å². The molecule has 1 aromatic heterocycles. The topological polar surface area (TPSA) is 73.0 Å². The fourth-order valence-electron chi connectivity index (χ4n) is 1.49. The predicted octanol–water partition coefficient (Wildman–Crippen LogP) is 1.34. The van der Waals surface area contributed by atoms with Gasteiger partial charge in [0, 0.05) is 31.0 Å². The highest BCUT2D eigenvalue weighted by Gasteiger charge is 2.10. The van der Waals surface area contributed by atoms with E-state index in [0.717, 1.165) is 6.54 Å². The fourth-order valence-corrected chi connectivity index (χ4v) is 1.49. The molecular formula is C12H18N4O. The molecule has 0 saturated heterocycles. The molecule has 0 bridgehead atoms. The number of rotatable bonds is 6. The zero-order valence-electron chi connectivity index (χ0n) is 10.3. The second-order valence-electron chi connectivity index (χ2n) is 4.30. The second kappa shape index (κ2) is 6.81. The molecule has 92 valence electrons. The predicted molar refractivity (Wildman–Crippen MR) is 65.2 cm³/mol. The lowest BCUT2D eigenvalue weighted by Crippen LogP contribution is -2.30. The number of nitrogens with zero attached hydrogens (tertiary/aromatic N) is 4. The molecule has 17 heavy (non-hydrogen) atoms. The molecule has 5 heteroatoms. The number of aromatic nitrogens is 2. The van der Waals surface area contributed by atoms with Gasteiger partial charge in [-0.2, -0.15) is 5.26 Å². The van der Waals surface area contributed by atoms with Crippen molar-refractivity contribution in [3.05, 3.63) is 18.0 Å². The highest BCUT2D eigenvalue weighted by atomic mass is 16.3. The van der Waals surface area contributed by atoms with Crippen LogP contribution in [0.1, 0.15) is 25.8 Å². The molecule has 0 aromatic carbocycles. The van der Waals surface area contributed by atoms with Crippen LogP contribution >= 0.6 is 0 Å². The normalized spacial score (nSPS) is 10.3. The lowest BCUT2D eigenvalue weighted by Gasteiger charge is -2.23. The largest absolute Gasteiger partial charge is 0.392 e. The van der Waals surface area contributed by atoms with Gasteiger partial charge in [-0.3, -0.25) is 0 Å². The average Bonchev–Trinajstić information content (AvgIpc) is 2.34. The molecule has 0 saturated carbocycles. The number of aliphatic hydroxyl groups is 1. The van der Waals surface area contributed by atoms with Gasteiger partial charge in [0.1, 0.15) is 0 Å². The van der Waals surface area contributed by atoms with Crippen molar-refractivity contribution in [2.75, 3.05) is 18.0 Å². The Labute approximate surface area is 102 Å². The minimum atomic E-state index is -0.0529. The van der Waals surface area contributed by atoms with Gasteiger partial charge in [0.25, 0.3) is 0 Å². The van der Waals surface area contributed by atoms with Crippen molar-refractivity contribution in [2.24, 2.45) is 5.92 Å². The van der Waals surface area contributed by atoms with E-state index in [2.05, 4.69) is 29.9 Å². The third-order valence-electron chi connectivity index (χ3n) is 2.24. The van der Waals surface area contributed by atoms with Crippen molar-refractivity contribution in [1.82, 2.24) is 9.97 Å². The SMILES string of the molecule is CC(C)CN(CCC#N)c1ncc(CO)cn1. The second-order valence-corrected chi connectivity index (χ2v) is 4.30. The van der Waals surface area contributed by atoms with Gasteiger partial charge in [-0.05, 0) is 5.92 Å². The van der Waals surface area contributed by atoms with E-state index in [0.29, 0.717) is 30.4 Å². The van der Waals surface area contributed by atoms with Gasteiger partial charge < -0.3 is 10.0 Å². The molecule has 0 spiro atoms. The average molecular weight is 234 g/mol. The van der Waals surface area contributed by atoms with Crippen molar-refractivity contribution in [2.45, 2.75) is 26.9 Å². The third kappa shape index (κ3) is 4.37. The van der Waals surface area contributed by atoms with E-state index in [-0.39, 0.29) is 6.61 Å². The van der Waals surface area contributed by atoms with E-state index >= 15 is 0 Å². The first-order valence-electron chi connectivity index (χ1n) is 5.71. The van der Waals surface area contributed by atoms with Crippen LogP contribution in [0.2, 0.25) is 0 Å². The van der Waals surface area contributed by atoms with Crippen LogP contribution < -0.4 is 4.90 Å². The molecule has 0 aliphatic carbocycles. The maximum atomic E-state index is 8.92. The van der Waals surface area contributed by atoms with E-state index in [4.69, 9.17) is 10.4 Å². The Balaban J connectivity index is 2.76. The Hall–Kier alpha value is -1.67. The smallest absolute Gasteiger partial charge is 0.225 e. The van der Waals surface area contributed by atoms with Crippen molar-refractivity contribution in [1.29, 1.82) is 5.26 Å². The molecule has 0 aliphatic rings. The van der Waals surface area contributed by atoms with Crippen LogP contribution in [0.5, 0.6) is 0 Å². The molecule has 0 fully saturated rings. The highest BCUT2D eigenvalue weighted by molar-refractivity contribution is 5.30. The molecule has 0 aliphatic heterocycles. The number of hydrogen-bond donors (Lipinski definition) is 1. The van der Waals surface area contributed by atoms with E-state index in [1.807, 2.05) is 4.90 Å². The molecule has 0 unspecified atom stereocenters. The monoisotopic (exact) mass is 234 g/mol. The Morgan fingerprint density at radius 2 is 2.06 bits per heavy atom. The standard InChI is InChI=1S/C12H18N4O/c1-10(2)8-16(5-3-4-13)12-14-6-11(9-17)7-15-12/h6-7,10,17H,3,5,8-9H2,1-2H3. The van der Waals surface area contributed by atoms with Gasteiger partial charge in [-0.1, -0.05) is 13.8 Å². The zero-order valence-corrected chi connectivity index (χ0v) is 10.3. The van der Waals surface area contributed by atoms with Crippen LogP contribution in [-0.4, -0.2) is 28.2 Å². The van der Waals surface area contributed by atoms with Crippen LogP contribution in [0.4, 0.5) is 5.95 Å². The first-order chi connectivity index (χ1) is 8.17. The van der Waals surface area contributed by atoms with E-state index in [9.17, 15) is 0 Å². The van der Waals surface area contributed by atoms with Crippen LogP contribution in [0, 0.1) is 17.2 Å². The zero-order chi connectivity index (χ0) is 12.7. The Morgan fingerprint density at radius 1 is 1.41 bits per heavy atom. The van der Waals surface area contributed by atoms with Gasteiger partial charge >= 0.3 is 0 Å². The number of aliphatic hydroxyl groups excluding tert-OH is 1. The lowest BCUT2D eigenvalue weighted by molar-refractivity contribution is 0.281. The molecule has 0 amide bonds. The summed E-state index contributed by atoms with van der Waals surface area (Å²) in [5.74, 6) is 1.10. The first kappa shape index (κ1) is 13.4. The van der Waals surface area contributed by atoms with E-state index in [1.54, 1.807) is 12.4 Å². The van der Waals surface area contributed by atoms with Gasteiger partial charge in [0.05, 0.1) is 19.1 Å². The molecule has 5 nitrogen and oxygen atoms in total. The summed E-state index contributed by atoms with van der Waals surface area (Å²) in [6.45, 7) is 5.62. The molecule has 0 atom stereocenters. The summed E-state index contributed by atoms with van der Waals surface area (Å²) < 4.78 is 0. The number of nitriles is 1. The Morgan fingerprint density at radius 3 is 2.53 bits per heavy atom. The van der Waals surface area contributed by atoms with Gasteiger partial charge in [-0.15, -0.1) is 0 Å². The van der Waals surface area contributed by atoms with E-state index in [1.165, 1.54) is 0 Å². The minimum absolute atomic E-state index is 0.0529. The summed E-state index contributed by atoms with van der Waals surface area (Å²) in [5.41, 5.74) is 0.693. The van der Waals surface area contributed by atoms with Gasteiger partial charge in [-0.25, -0.2) is 9.97 Å². The summed E-state index contributed by atoms with van der Waals surface area (Å²) in [7, 11) is 0.